The summed E-state index contributed by atoms with van der Waals surface area (Å²) in [6, 6.07) is 8.67. The molecule has 0 fully saturated rings. The van der Waals surface area contributed by atoms with Crippen molar-refractivity contribution in [3.05, 3.63) is 54.6 Å². The Morgan fingerprint density at radius 2 is 1.74 bits per heavy atom. The number of anilines is 1. The van der Waals surface area contributed by atoms with Gasteiger partial charge in [-0.1, -0.05) is 0 Å². The molecule has 1 aromatic heterocycles. The van der Waals surface area contributed by atoms with Gasteiger partial charge in [0.05, 0.1) is 0 Å². The van der Waals surface area contributed by atoms with Crippen LogP contribution in [-0.2, 0) is 9.53 Å². The third-order valence-corrected chi connectivity index (χ3v) is 6.77. The number of pyridine rings is 1. The first-order chi connectivity index (χ1) is 12.6. The number of nitrogens with one attached hydrogen (secondary N) is 1. The van der Waals surface area contributed by atoms with Gasteiger partial charge in [0.15, 0.2) is 0 Å². The summed E-state index contributed by atoms with van der Waals surface area (Å²) in [5, 5.41) is 2.68. The fourth-order valence-corrected chi connectivity index (χ4v) is 4.42. The Morgan fingerprint density at radius 1 is 1.15 bits per heavy atom. The van der Waals surface area contributed by atoms with E-state index in [4.69, 9.17) is 4.74 Å². The van der Waals surface area contributed by atoms with E-state index in [1.165, 1.54) is 50.5 Å². The number of nitrogens with zero attached hydrogens (tertiary/aromatic N) is 1. The molecule has 0 aliphatic rings. The Morgan fingerprint density at radius 3 is 2.30 bits per heavy atom. The van der Waals surface area contributed by atoms with E-state index < -0.39 is 49.9 Å². The van der Waals surface area contributed by atoms with Crippen molar-refractivity contribution < 1.29 is 27.1 Å². The SMILES string of the molecule is CC(C)(OCC(F)(F)F)C([Se]c1ccc(F)cc1)C(=O)Nc1ccncc1. The predicted molar refractivity (Wildman–Crippen MR) is 94.5 cm³/mol. The first-order valence-electron chi connectivity index (χ1n) is 7.91. The number of hydrogen-bond acceptors (Lipinski definition) is 3. The predicted octanol–water partition coefficient (Wildman–Crippen LogP) is 3.33. The number of benzene rings is 1. The molecule has 0 bridgehead atoms. The molecule has 0 spiro atoms. The van der Waals surface area contributed by atoms with Crippen molar-refractivity contribution in [1.29, 1.82) is 0 Å². The van der Waals surface area contributed by atoms with E-state index in [0.29, 0.717) is 10.1 Å². The van der Waals surface area contributed by atoms with Crippen molar-refractivity contribution in [3.63, 3.8) is 0 Å². The summed E-state index contributed by atoms with van der Waals surface area (Å²) in [5.41, 5.74) is -0.914. The second-order valence-electron chi connectivity index (χ2n) is 6.18. The van der Waals surface area contributed by atoms with Crippen molar-refractivity contribution in [2.75, 3.05) is 11.9 Å². The summed E-state index contributed by atoms with van der Waals surface area (Å²) in [7, 11) is 0. The van der Waals surface area contributed by atoms with E-state index in [-0.39, 0.29) is 0 Å². The van der Waals surface area contributed by atoms with E-state index in [0.717, 1.165) is 0 Å². The molecule has 1 atom stereocenters. The van der Waals surface area contributed by atoms with Crippen LogP contribution in [-0.4, -0.2) is 44.2 Å². The van der Waals surface area contributed by atoms with Crippen molar-refractivity contribution in [2.45, 2.75) is 30.4 Å². The van der Waals surface area contributed by atoms with Gasteiger partial charge in [0.25, 0.3) is 0 Å². The maximum absolute atomic E-state index is 13.1. The summed E-state index contributed by atoms with van der Waals surface area (Å²) in [5.74, 6) is -0.905. The van der Waals surface area contributed by atoms with Crippen LogP contribution < -0.4 is 9.78 Å². The molecule has 1 aromatic carbocycles. The topological polar surface area (TPSA) is 51.2 Å². The fourth-order valence-electron chi connectivity index (χ4n) is 2.15. The van der Waals surface area contributed by atoms with E-state index in [2.05, 4.69) is 10.3 Å². The summed E-state index contributed by atoms with van der Waals surface area (Å²) in [6.07, 6.45) is -1.53. The molecule has 0 aliphatic carbocycles. The molecule has 0 radical (unpaired) electrons. The number of alkyl halides is 3. The molecule has 0 aliphatic heterocycles. The number of rotatable bonds is 7. The minimum atomic E-state index is -4.51. The van der Waals surface area contributed by atoms with E-state index >= 15 is 0 Å². The van der Waals surface area contributed by atoms with Gasteiger partial charge in [-0.2, -0.15) is 0 Å². The number of halogens is 4. The summed E-state index contributed by atoms with van der Waals surface area (Å²) < 4.78 is 56.7. The van der Waals surface area contributed by atoms with Crippen LogP contribution in [0, 0.1) is 5.82 Å². The van der Waals surface area contributed by atoms with Crippen LogP contribution in [0.1, 0.15) is 13.8 Å². The van der Waals surface area contributed by atoms with Gasteiger partial charge >= 0.3 is 160 Å². The normalized spacial score (nSPS) is 13.3. The summed E-state index contributed by atoms with van der Waals surface area (Å²) in [4.78, 5) is 15.8. The van der Waals surface area contributed by atoms with Gasteiger partial charge in [-0.25, -0.2) is 0 Å². The van der Waals surface area contributed by atoms with E-state index in [1.807, 2.05) is 0 Å². The third kappa shape index (κ3) is 6.93. The molecule has 1 N–H and O–H groups in total. The third-order valence-electron chi connectivity index (χ3n) is 3.49. The standard InChI is InChI=1S/C18H18F4N2O2Se/c1-17(2,26-11-18(20,21)22)15(27-14-5-3-12(19)4-6-14)16(25)24-13-7-9-23-10-8-13/h3-10,15H,11H2,1-2H3,(H,23,24,25). The van der Waals surface area contributed by atoms with Crippen LogP contribution in [0.25, 0.3) is 0 Å². The van der Waals surface area contributed by atoms with Crippen LogP contribution in [0.3, 0.4) is 0 Å². The molecule has 146 valence electrons. The Labute approximate surface area is 160 Å². The van der Waals surface area contributed by atoms with Crippen LogP contribution >= 0.6 is 0 Å². The molecule has 0 saturated carbocycles. The molecule has 9 heteroatoms. The molecule has 2 rings (SSSR count). The van der Waals surface area contributed by atoms with Gasteiger partial charge in [0, 0.05) is 0 Å². The molecule has 1 amide bonds. The number of ether oxygens (including phenoxy) is 1. The molecular formula is C18H18F4N2O2Se. The van der Waals surface area contributed by atoms with Crippen LogP contribution in [0.4, 0.5) is 23.2 Å². The molecule has 2 aromatic rings. The van der Waals surface area contributed by atoms with Gasteiger partial charge in [-0.15, -0.1) is 0 Å². The van der Waals surface area contributed by atoms with Crippen molar-refractivity contribution in [1.82, 2.24) is 4.98 Å². The van der Waals surface area contributed by atoms with Crippen LogP contribution in [0.15, 0.2) is 48.8 Å². The first-order valence-corrected chi connectivity index (χ1v) is 9.75. The zero-order chi connectivity index (χ0) is 20.1. The van der Waals surface area contributed by atoms with Gasteiger partial charge in [-0.05, 0) is 0 Å². The van der Waals surface area contributed by atoms with Gasteiger partial charge in [-0.3, -0.25) is 0 Å². The quantitative estimate of drug-likeness (QED) is 0.521. The molecule has 27 heavy (non-hydrogen) atoms. The van der Waals surface area contributed by atoms with Gasteiger partial charge in [0.1, 0.15) is 0 Å². The zero-order valence-corrected chi connectivity index (χ0v) is 16.3. The average molecular weight is 449 g/mol. The maximum atomic E-state index is 13.1. The van der Waals surface area contributed by atoms with Crippen molar-refractivity contribution >= 4 is 31.0 Å². The van der Waals surface area contributed by atoms with E-state index in [9.17, 15) is 22.4 Å². The number of hydrogen-bond donors (Lipinski definition) is 1. The van der Waals surface area contributed by atoms with E-state index in [1.54, 1.807) is 12.1 Å². The van der Waals surface area contributed by atoms with Crippen LogP contribution in [0.2, 0.25) is 4.82 Å². The van der Waals surface area contributed by atoms with Crippen molar-refractivity contribution in [3.8, 4) is 0 Å². The fraction of sp³-hybridized carbons (Fsp3) is 0.333. The summed E-state index contributed by atoms with van der Waals surface area (Å²) >= 11 is -0.597. The Kier molecular flexibility index (Phi) is 6.97. The van der Waals surface area contributed by atoms with Gasteiger partial charge < -0.3 is 0 Å². The Bertz CT molecular complexity index is 752. The molecule has 4 nitrogen and oxygen atoms in total. The first kappa shape index (κ1) is 21.3. The number of carbonyl (C=O) groups excluding carboxylic acids is 1. The Balaban J connectivity index is 2.23. The Hall–Kier alpha value is -1.96. The second-order valence-corrected chi connectivity index (χ2v) is 8.66. The summed E-state index contributed by atoms with van der Waals surface area (Å²) in [6.45, 7) is 1.43. The molecular weight excluding hydrogens is 431 g/mol. The van der Waals surface area contributed by atoms with Crippen molar-refractivity contribution in [2.24, 2.45) is 0 Å². The number of aromatic nitrogens is 1. The average Bonchev–Trinajstić information content (AvgIpc) is 2.59. The van der Waals surface area contributed by atoms with Gasteiger partial charge in [0.2, 0.25) is 0 Å². The number of amides is 1. The second kappa shape index (κ2) is 8.82. The minimum absolute atomic E-state index is 0.431. The van der Waals surface area contributed by atoms with Crippen LogP contribution in [0.5, 0.6) is 0 Å². The monoisotopic (exact) mass is 450 g/mol. The zero-order valence-electron chi connectivity index (χ0n) is 14.6. The molecule has 1 unspecified atom stereocenters. The molecule has 0 saturated heterocycles. The number of carbonyl (C=O) groups is 1. The molecule has 1 heterocycles.